The van der Waals surface area contributed by atoms with Crippen LogP contribution in [0.3, 0.4) is 0 Å². The van der Waals surface area contributed by atoms with Gasteiger partial charge in [0.15, 0.2) is 12.6 Å². The molecule has 10 nitrogen and oxygen atoms in total. The molecular formula is C26H45NO9S. The molecule has 10 atom stereocenters. The molecule has 2 aliphatic heterocycles. The molecule has 0 bridgehead atoms. The lowest BCUT2D eigenvalue weighted by Crippen LogP contribution is -2.54. The first-order valence-corrected chi connectivity index (χ1v) is 13.7. The molecule has 37 heavy (non-hydrogen) atoms. The number of carbonyl (C=O) groups excluding carboxylic acids is 3. The monoisotopic (exact) mass is 547 g/mol. The minimum absolute atomic E-state index is 0.0271. The lowest BCUT2D eigenvalue weighted by molar-refractivity contribution is -0.299. The van der Waals surface area contributed by atoms with Crippen LogP contribution in [0.5, 0.6) is 0 Å². The van der Waals surface area contributed by atoms with Crippen molar-refractivity contribution in [1.29, 1.82) is 0 Å². The fraction of sp³-hybridized carbons (Fsp3) is 0.885. The van der Waals surface area contributed by atoms with E-state index in [9.17, 15) is 14.4 Å². The third-order valence-electron chi connectivity index (χ3n) is 7.82. The Kier molecular flexibility index (Phi) is 13.1. The van der Waals surface area contributed by atoms with E-state index in [0.29, 0.717) is 32.0 Å². The summed E-state index contributed by atoms with van der Waals surface area (Å²) in [5, 5.41) is 0. The van der Waals surface area contributed by atoms with Gasteiger partial charge in [-0.25, -0.2) is 0 Å². The molecule has 0 aromatic carbocycles. The summed E-state index contributed by atoms with van der Waals surface area (Å²) in [5.74, 6) is -0.322. The third kappa shape index (κ3) is 9.38. The Balaban J connectivity index is 1.96. The van der Waals surface area contributed by atoms with E-state index in [1.165, 1.54) is 13.8 Å². The van der Waals surface area contributed by atoms with Crippen molar-refractivity contribution in [3.63, 3.8) is 0 Å². The predicted octanol–water partition coefficient (Wildman–Crippen LogP) is 3.28. The van der Waals surface area contributed by atoms with Gasteiger partial charge in [-0.05, 0) is 24.7 Å². The van der Waals surface area contributed by atoms with Crippen LogP contribution in [-0.4, -0.2) is 68.6 Å². The van der Waals surface area contributed by atoms with Gasteiger partial charge >= 0.3 is 11.9 Å². The van der Waals surface area contributed by atoms with Crippen molar-refractivity contribution in [1.82, 2.24) is 4.72 Å². The van der Waals surface area contributed by atoms with E-state index >= 15 is 0 Å². The first-order valence-electron chi connectivity index (χ1n) is 13.2. The molecule has 0 aromatic rings. The summed E-state index contributed by atoms with van der Waals surface area (Å²) in [6.45, 7) is 13.9. The topological polar surface area (TPSA) is 119 Å². The van der Waals surface area contributed by atoms with E-state index < -0.39 is 30.4 Å². The highest BCUT2D eigenvalue weighted by Crippen LogP contribution is 2.38. The number of unbranched alkanes of at least 4 members (excludes halogenated alkanes) is 1. The standard InChI is InChI=1S/C26H45NO9S/c1-14-15(2)21(35-25(17(14)4)31-11-9-8-10-23(30)27-37)12-33-26-18(5)16(3)24(34-20(7)29)22(36-26)13-32-19(6)28/h14-18,21-22,24-26,37H,8-13H2,1-7H3,(H,27,30). The molecule has 11 heteroatoms. The number of ether oxygens (including phenoxy) is 6. The normalized spacial score (nSPS) is 36.0. The number of rotatable bonds is 12. The highest BCUT2D eigenvalue weighted by molar-refractivity contribution is 7.78. The van der Waals surface area contributed by atoms with Crippen LogP contribution in [0.15, 0.2) is 0 Å². The Hall–Kier alpha value is -1.40. The van der Waals surface area contributed by atoms with Gasteiger partial charge in [0, 0.05) is 44.6 Å². The maximum atomic E-state index is 11.7. The fourth-order valence-corrected chi connectivity index (χ4v) is 4.97. The molecule has 2 saturated heterocycles. The van der Waals surface area contributed by atoms with Crippen molar-refractivity contribution in [3.05, 3.63) is 0 Å². The lowest BCUT2D eigenvalue weighted by Gasteiger charge is -2.46. The average molecular weight is 548 g/mol. The number of amides is 1. The first-order chi connectivity index (χ1) is 17.5. The maximum absolute atomic E-state index is 11.7. The molecule has 0 saturated carbocycles. The van der Waals surface area contributed by atoms with Gasteiger partial charge in [0.05, 0.1) is 12.7 Å². The summed E-state index contributed by atoms with van der Waals surface area (Å²) < 4.78 is 37.8. The molecule has 1 amide bonds. The van der Waals surface area contributed by atoms with Crippen molar-refractivity contribution in [2.45, 2.75) is 98.6 Å². The second-order valence-electron chi connectivity index (χ2n) is 10.5. The minimum Gasteiger partial charge on any atom is -0.463 e. The number of thiol groups is 1. The fourth-order valence-electron chi connectivity index (χ4n) is 4.86. The quantitative estimate of drug-likeness (QED) is 0.216. The third-order valence-corrected chi connectivity index (χ3v) is 8.07. The van der Waals surface area contributed by atoms with E-state index in [1.807, 2.05) is 13.8 Å². The van der Waals surface area contributed by atoms with E-state index in [-0.39, 0.29) is 48.6 Å². The summed E-state index contributed by atoms with van der Waals surface area (Å²) in [7, 11) is 0. The second kappa shape index (κ2) is 15.3. The zero-order valence-electron chi connectivity index (χ0n) is 23.1. The second-order valence-corrected chi connectivity index (χ2v) is 10.7. The van der Waals surface area contributed by atoms with Gasteiger partial charge in [0.25, 0.3) is 0 Å². The molecule has 0 aromatic heterocycles. The number of esters is 2. The van der Waals surface area contributed by atoms with Crippen molar-refractivity contribution in [2.75, 3.05) is 19.8 Å². The van der Waals surface area contributed by atoms with Gasteiger partial charge in [-0.3, -0.25) is 14.4 Å². The van der Waals surface area contributed by atoms with Crippen LogP contribution in [-0.2, 0) is 42.8 Å². The lowest BCUT2D eigenvalue weighted by atomic mass is 9.79. The van der Waals surface area contributed by atoms with Crippen LogP contribution in [0.1, 0.15) is 67.7 Å². The molecule has 1 N–H and O–H groups in total. The summed E-state index contributed by atoms with van der Waals surface area (Å²) in [6, 6.07) is 0. The largest absolute Gasteiger partial charge is 0.463 e. The summed E-state index contributed by atoms with van der Waals surface area (Å²) in [4.78, 5) is 34.4. The predicted molar refractivity (Wildman–Crippen MR) is 138 cm³/mol. The van der Waals surface area contributed by atoms with Gasteiger partial charge < -0.3 is 33.1 Å². The molecule has 0 aliphatic carbocycles. The first kappa shape index (κ1) is 31.8. The van der Waals surface area contributed by atoms with E-state index in [4.69, 9.17) is 28.4 Å². The van der Waals surface area contributed by atoms with E-state index in [1.54, 1.807) is 0 Å². The zero-order chi connectivity index (χ0) is 27.7. The molecule has 214 valence electrons. The Morgan fingerprint density at radius 3 is 2.00 bits per heavy atom. The van der Waals surface area contributed by atoms with Crippen LogP contribution < -0.4 is 4.72 Å². The van der Waals surface area contributed by atoms with Crippen molar-refractivity contribution >= 4 is 30.7 Å². The van der Waals surface area contributed by atoms with Crippen molar-refractivity contribution in [2.24, 2.45) is 29.6 Å². The number of nitrogens with one attached hydrogen (secondary N) is 1. The highest BCUT2D eigenvalue weighted by Gasteiger charge is 2.46. The summed E-state index contributed by atoms with van der Waals surface area (Å²) >= 11 is 3.76. The number of carbonyl (C=O) groups is 3. The SMILES string of the molecule is CC(=O)OCC1OC(OCC2OC(OCCCCC(=O)NS)C(C)C(C)C2C)C(C)C(C)C1OC(C)=O. The van der Waals surface area contributed by atoms with E-state index in [0.717, 1.165) is 6.42 Å². The zero-order valence-corrected chi connectivity index (χ0v) is 24.0. The molecular weight excluding hydrogens is 502 g/mol. The Morgan fingerprint density at radius 1 is 0.757 bits per heavy atom. The maximum Gasteiger partial charge on any atom is 0.303 e. The van der Waals surface area contributed by atoms with E-state index in [2.05, 4.69) is 38.3 Å². The highest BCUT2D eigenvalue weighted by atomic mass is 32.1. The molecule has 2 heterocycles. The van der Waals surface area contributed by atoms with Gasteiger partial charge in [-0.1, -0.05) is 47.4 Å². The Morgan fingerprint density at radius 2 is 1.38 bits per heavy atom. The van der Waals surface area contributed by atoms with Crippen LogP contribution in [0.25, 0.3) is 0 Å². The van der Waals surface area contributed by atoms with Gasteiger partial charge in [0.1, 0.15) is 18.8 Å². The van der Waals surface area contributed by atoms with Crippen LogP contribution in [0.4, 0.5) is 0 Å². The summed E-state index contributed by atoms with van der Waals surface area (Å²) in [6.07, 6.45) is -0.455. The molecule has 2 rings (SSSR count). The molecule has 0 radical (unpaired) electrons. The molecule has 2 fully saturated rings. The number of hydrogen-bond donors (Lipinski definition) is 2. The molecule has 2 aliphatic rings. The van der Waals surface area contributed by atoms with Gasteiger partial charge in [-0.15, -0.1) is 0 Å². The van der Waals surface area contributed by atoms with Gasteiger partial charge in [0.2, 0.25) is 5.91 Å². The van der Waals surface area contributed by atoms with Crippen molar-refractivity contribution < 1.29 is 42.8 Å². The average Bonchev–Trinajstić information content (AvgIpc) is 2.85. The molecule has 0 spiro atoms. The Labute approximate surface area is 226 Å². The van der Waals surface area contributed by atoms with Gasteiger partial charge in [-0.2, -0.15) is 0 Å². The van der Waals surface area contributed by atoms with Crippen LogP contribution >= 0.6 is 12.8 Å². The molecule has 10 unspecified atom stereocenters. The number of hydrogen-bond acceptors (Lipinski definition) is 10. The minimum atomic E-state index is -0.631. The Bertz CT molecular complexity index is 754. The summed E-state index contributed by atoms with van der Waals surface area (Å²) in [5.41, 5.74) is 0. The smallest absolute Gasteiger partial charge is 0.303 e. The van der Waals surface area contributed by atoms with Crippen LogP contribution in [0.2, 0.25) is 0 Å². The van der Waals surface area contributed by atoms with Crippen LogP contribution in [0, 0.1) is 29.6 Å². The van der Waals surface area contributed by atoms with Crippen molar-refractivity contribution in [3.8, 4) is 0 Å².